The molecule has 0 radical (unpaired) electrons. The molecule has 1 atom stereocenters. The zero-order valence-corrected chi connectivity index (χ0v) is 15.2. The molecule has 1 heterocycles. The Morgan fingerprint density at radius 2 is 1.73 bits per heavy atom. The standard InChI is InChI=1S/C22H24N2O2/c1-17-7-3-4-8-20(17)21(24-13-5-6-14-24)15-22(25)23-16-18-9-11-19(26-2)12-10-18/h3-14,21H,15-16H2,1-2H3,(H,23,25)/t21-/m1/s1. The lowest BCUT2D eigenvalue weighted by Gasteiger charge is -2.21. The molecule has 26 heavy (non-hydrogen) atoms. The fourth-order valence-corrected chi connectivity index (χ4v) is 3.08. The topological polar surface area (TPSA) is 43.3 Å². The van der Waals surface area contributed by atoms with E-state index in [4.69, 9.17) is 4.74 Å². The van der Waals surface area contributed by atoms with E-state index in [2.05, 4.69) is 28.9 Å². The maximum absolute atomic E-state index is 12.6. The predicted octanol–water partition coefficient (Wildman–Crippen LogP) is 4.10. The predicted molar refractivity (Wildman–Crippen MR) is 103 cm³/mol. The number of benzene rings is 2. The Labute approximate surface area is 154 Å². The molecular formula is C22H24N2O2. The first-order chi connectivity index (χ1) is 12.7. The van der Waals surface area contributed by atoms with Gasteiger partial charge in [-0.25, -0.2) is 0 Å². The highest BCUT2D eigenvalue weighted by atomic mass is 16.5. The van der Waals surface area contributed by atoms with Gasteiger partial charge in [0.05, 0.1) is 19.6 Å². The number of amides is 1. The highest BCUT2D eigenvalue weighted by molar-refractivity contribution is 5.77. The number of hydrogen-bond acceptors (Lipinski definition) is 2. The number of ether oxygens (including phenoxy) is 1. The molecule has 2 aromatic carbocycles. The summed E-state index contributed by atoms with van der Waals surface area (Å²) in [6, 6.07) is 19.9. The number of aryl methyl sites for hydroxylation is 1. The molecular weight excluding hydrogens is 324 g/mol. The largest absolute Gasteiger partial charge is 0.497 e. The second-order valence-corrected chi connectivity index (χ2v) is 6.33. The average Bonchev–Trinajstić information content (AvgIpc) is 3.20. The van der Waals surface area contributed by atoms with Gasteiger partial charge in [0, 0.05) is 18.9 Å². The molecule has 0 spiro atoms. The van der Waals surface area contributed by atoms with Crippen molar-refractivity contribution in [2.75, 3.05) is 7.11 Å². The van der Waals surface area contributed by atoms with Gasteiger partial charge in [-0.05, 0) is 47.9 Å². The lowest BCUT2D eigenvalue weighted by atomic mass is 9.98. The van der Waals surface area contributed by atoms with Gasteiger partial charge in [0.15, 0.2) is 0 Å². The molecule has 1 amide bonds. The number of hydrogen-bond donors (Lipinski definition) is 1. The van der Waals surface area contributed by atoms with Crippen molar-refractivity contribution < 1.29 is 9.53 Å². The van der Waals surface area contributed by atoms with Gasteiger partial charge < -0.3 is 14.6 Å². The number of nitrogens with zero attached hydrogens (tertiary/aromatic N) is 1. The van der Waals surface area contributed by atoms with Crippen molar-refractivity contribution in [3.05, 3.63) is 89.7 Å². The van der Waals surface area contributed by atoms with E-state index in [-0.39, 0.29) is 11.9 Å². The highest BCUT2D eigenvalue weighted by Crippen LogP contribution is 2.25. The lowest BCUT2D eigenvalue weighted by molar-refractivity contribution is -0.121. The van der Waals surface area contributed by atoms with E-state index in [9.17, 15) is 4.79 Å². The number of rotatable bonds is 7. The fourth-order valence-electron chi connectivity index (χ4n) is 3.08. The van der Waals surface area contributed by atoms with Crippen LogP contribution in [0.5, 0.6) is 5.75 Å². The molecule has 4 nitrogen and oxygen atoms in total. The Hall–Kier alpha value is -3.01. The van der Waals surface area contributed by atoms with Crippen molar-refractivity contribution in [2.45, 2.75) is 25.9 Å². The zero-order chi connectivity index (χ0) is 18.4. The van der Waals surface area contributed by atoms with Gasteiger partial charge in [-0.1, -0.05) is 36.4 Å². The normalized spacial score (nSPS) is 11.8. The molecule has 3 rings (SSSR count). The average molecular weight is 348 g/mol. The molecule has 1 aromatic heterocycles. The van der Waals surface area contributed by atoms with Gasteiger partial charge in [-0.15, -0.1) is 0 Å². The van der Waals surface area contributed by atoms with Crippen LogP contribution in [0.25, 0.3) is 0 Å². The third kappa shape index (κ3) is 4.33. The van der Waals surface area contributed by atoms with Crippen LogP contribution < -0.4 is 10.1 Å². The summed E-state index contributed by atoms with van der Waals surface area (Å²) in [4.78, 5) is 12.6. The molecule has 0 unspecified atom stereocenters. The maximum atomic E-state index is 12.6. The summed E-state index contributed by atoms with van der Waals surface area (Å²) in [5.74, 6) is 0.843. The number of nitrogens with one attached hydrogen (secondary N) is 1. The first-order valence-electron chi connectivity index (χ1n) is 8.75. The molecule has 0 aliphatic carbocycles. The van der Waals surface area contributed by atoms with Crippen molar-refractivity contribution in [2.24, 2.45) is 0 Å². The van der Waals surface area contributed by atoms with Crippen LogP contribution in [0.1, 0.15) is 29.2 Å². The molecule has 4 heteroatoms. The van der Waals surface area contributed by atoms with E-state index in [0.717, 1.165) is 11.3 Å². The summed E-state index contributed by atoms with van der Waals surface area (Å²) < 4.78 is 7.25. The van der Waals surface area contributed by atoms with E-state index in [1.807, 2.05) is 60.9 Å². The van der Waals surface area contributed by atoms with Crippen LogP contribution in [0.4, 0.5) is 0 Å². The molecule has 3 aromatic rings. The monoisotopic (exact) mass is 348 g/mol. The summed E-state index contributed by atoms with van der Waals surface area (Å²) >= 11 is 0. The van der Waals surface area contributed by atoms with Gasteiger partial charge in [-0.2, -0.15) is 0 Å². The third-order valence-electron chi connectivity index (χ3n) is 4.56. The van der Waals surface area contributed by atoms with Crippen LogP contribution in [0.3, 0.4) is 0 Å². The minimum atomic E-state index is -0.0120. The van der Waals surface area contributed by atoms with E-state index in [1.54, 1.807) is 7.11 Å². The summed E-state index contributed by atoms with van der Waals surface area (Å²) in [5.41, 5.74) is 3.41. The van der Waals surface area contributed by atoms with Gasteiger partial charge >= 0.3 is 0 Å². The van der Waals surface area contributed by atoms with Gasteiger partial charge in [0.1, 0.15) is 5.75 Å². The van der Waals surface area contributed by atoms with E-state index in [1.165, 1.54) is 11.1 Å². The number of methoxy groups -OCH3 is 1. The minimum absolute atomic E-state index is 0.0120. The van der Waals surface area contributed by atoms with Crippen molar-refractivity contribution in [3.8, 4) is 5.75 Å². The smallest absolute Gasteiger partial charge is 0.222 e. The fraction of sp³-hybridized carbons (Fsp3) is 0.227. The first-order valence-corrected chi connectivity index (χ1v) is 8.75. The second kappa shape index (κ2) is 8.39. The Bertz CT molecular complexity index is 839. The molecule has 0 bridgehead atoms. The quantitative estimate of drug-likeness (QED) is 0.698. The van der Waals surface area contributed by atoms with E-state index in [0.29, 0.717) is 13.0 Å². The highest BCUT2D eigenvalue weighted by Gasteiger charge is 2.18. The molecule has 0 fully saturated rings. The van der Waals surface area contributed by atoms with Crippen LogP contribution in [0.2, 0.25) is 0 Å². The SMILES string of the molecule is COc1ccc(CNC(=O)C[C@H](c2ccccc2C)n2cccc2)cc1. The molecule has 0 saturated carbocycles. The van der Waals surface area contributed by atoms with Crippen molar-refractivity contribution in [3.63, 3.8) is 0 Å². The van der Waals surface area contributed by atoms with Crippen molar-refractivity contribution in [1.82, 2.24) is 9.88 Å². The van der Waals surface area contributed by atoms with Crippen LogP contribution >= 0.6 is 0 Å². The Morgan fingerprint density at radius 1 is 1.04 bits per heavy atom. The molecule has 1 N–H and O–H groups in total. The summed E-state index contributed by atoms with van der Waals surface area (Å²) in [7, 11) is 1.64. The van der Waals surface area contributed by atoms with E-state index >= 15 is 0 Å². The van der Waals surface area contributed by atoms with Gasteiger partial charge in [0.2, 0.25) is 5.91 Å². The van der Waals surface area contributed by atoms with Crippen molar-refractivity contribution in [1.29, 1.82) is 0 Å². The lowest BCUT2D eigenvalue weighted by Crippen LogP contribution is -2.26. The molecule has 0 aliphatic heterocycles. The number of carbonyl (C=O) groups is 1. The second-order valence-electron chi connectivity index (χ2n) is 6.33. The third-order valence-corrected chi connectivity index (χ3v) is 4.56. The summed E-state index contributed by atoms with van der Waals surface area (Å²) in [6.07, 6.45) is 4.41. The van der Waals surface area contributed by atoms with Gasteiger partial charge in [-0.3, -0.25) is 4.79 Å². The Balaban J connectivity index is 1.68. The van der Waals surface area contributed by atoms with E-state index < -0.39 is 0 Å². The minimum Gasteiger partial charge on any atom is -0.497 e. The number of carbonyl (C=O) groups excluding carboxylic acids is 1. The first kappa shape index (κ1) is 17.8. The van der Waals surface area contributed by atoms with Crippen molar-refractivity contribution >= 4 is 5.91 Å². The van der Waals surface area contributed by atoms with Crippen LogP contribution in [0.15, 0.2) is 73.1 Å². The van der Waals surface area contributed by atoms with Crippen LogP contribution in [0, 0.1) is 6.92 Å². The zero-order valence-electron chi connectivity index (χ0n) is 15.2. The molecule has 0 saturated heterocycles. The Morgan fingerprint density at radius 3 is 2.38 bits per heavy atom. The molecule has 134 valence electrons. The summed E-state index contributed by atoms with van der Waals surface area (Å²) in [5, 5.41) is 3.02. The van der Waals surface area contributed by atoms with Crippen LogP contribution in [-0.2, 0) is 11.3 Å². The molecule has 0 aliphatic rings. The Kier molecular flexibility index (Phi) is 5.74. The number of aromatic nitrogens is 1. The summed E-state index contributed by atoms with van der Waals surface area (Å²) in [6.45, 7) is 2.59. The van der Waals surface area contributed by atoms with Crippen LogP contribution in [-0.4, -0.2) is 17.6 Å². The maximum Gasteiger partial charge on any atom is 0.222 e. The van der Waals surface area contributed by atoms with Gasteiger partial charge in [0.25, 0.3) is 0 Å².